The number of amides is 2. The highest BCUT2D eigenvalue weighted by molar-refractivity contribution is 7.97. The van der Waals surface area contributed by atoms with Crippen molar-refractivity contribution in [1.29, 1.82) is 0 Å². The maximum atomic E-state index is 11.3. The Morgan fingerprint density at radius 3 is 1.08 bits per heavy atom. The Balaban J connectivity index is -0.000000165. The van der Waals surface area contributed by atoms with E-state index in [0.717, 1.165) is 25.8 Å². The van der Waals surface area contributed by atoms with Crippen LogP contribution in [0.15, 0.2) is 0 Å². The fraction of sp³-hybridized carbons (Fsp3) is 0.926. The van der Waals surface area contributed by atoms with Gasteiger partial charge >= 0.3 is 12.2 Å². The van der Waals surface area contributed by atoms with Gasteiger partial charge in [0, 0.05) is 42.5 Å². The molecule has 10 heteroatoms. The van der Waals surface area contributed by atoms with Crippen LogP contribution in [0.3, 0.4) is 0 Å². The second-order valence-electron chi connectivity index (χ2n) is 26.3. The monoisotopic (exact) mass is 936 g/mol. The number of ketones is 1. The number of Topliss-reactive ketones (excluding diaryl/α,β-unsaturated/α-hetero) is 1. The Hall–Kier alpha value is -1.81. The van der Waals surface area contributed by atoms with Gasteiger partial charge in [-0.1, -0.05) is 194 Å². The van der Waals surface area contributed by atoms with E-state index in [-0.39, 0.29) is 68.7 Å². The molecule has 0 bridgehead atoms. The Kier molecular flexibility index (Phi) is 33.6. The van der Waals surface area contributed by atoms with Crippen LogP contribution in [-0.2, 0) is 24.0 Å². The Morgan fingerprint density at radius 1 is 0.531 bits per heavy atom. The fourth-order valence-electron chi connectivity index (χ4n) is 4.61. The van der Waals surface area contributed by atoms with E-state index in [2.05, 4.69) is 206 Å². The van der Waals surface area contributed by atoms with Crippen molar-refractivity contribution in [3.05, 3.63) is 0 Å². The summed E-state index contributed by atoms with van der Waals surface area (Å²) in [4.78, 5) is 32.5. The molecule has 0 aliphatic carbocycles. The molecule has 0 heterocycles. The van der Waals surface area contributed by atoms with Gasteiger partial charge in [0.15, 0.2) is 0 Å². The van der Waals surface area contributed by atoms with Gasteiger partial charge in [0.25, 0.3) is 0 Å². The molecule has 0 aromatic rings. The van der Waals surface area contributed by atoms with Crippen molar-refractivity contribution in [1.82, 2.24) is 15.4 Å². The van der Waals surface area contributed by atoms with Gasteiger partial charge < -0.3 is 24.9 Å². The van der Waals surface area contributed by atoms with E-state index in [0.29, 0.717) is 30.4 Å². The number of hydrogen-bond acceptors (Lipinski definition) is 6. The molecule has 390 valence electrons. The molecule has 0 rings (SSSR count). The molecule has 9 nitrogen and oxygen atoms in total. The summed E-state index contributed by atoms with van der Waals surface area (Å²) in [5.74, 6) is 3.85. The zero-order valence-corrected chi connectivity index (χ0v) is 48.7. The Morgan fingerprint density at radius 2 is 0.844 bits per heavy atom. The van der Waals surface area contributed by atoms with Gasteiger partial charge in [-0.3, -0.25) is 4.21 Å². The van der Waals surface area contributed by atoms with E-state index < -0.39 is 9.71 Å². The number of carbonyl (C=O) groups excluding carboxylic acids is 3. The normalized spacial score (nSPS) is 13.8. The number of carbonyl (C=O) groups is 3. The lowest BCUT2D eigenvalue weighted by Crippen LogP contribution is -2.34. The smallest absolute Gasteiger partial charge is 0.406 e. The molecule has 0 aliphatic rings. The Labute approximate surface area is 402 Å². The highest BCUT2D eigenvalue weighted by atomic mass is 32.2. The van der Waals surface area contributed by atoms with Gasteiger partial charge in [-0.15, -0.1) is 0 Å². The number of nitrogens with one attached hydrogen (secondary N) is 3. The molecular formula is C54H117N3O6S. The summed E-state index contributed by atoms with van der Waals surface area (Å²) in [6.07, 6.45) is 7.07. The van der Waals surface area contributed by atoms with Gasteiger partial charge in [0.2, 0.25) is 0 Å². The third kappa shape index (κ3) is 34.5. The minimum absolute atomic E-state index is 0. The van der Waals surface area contributed by atoms with Crippen LogP contribution in [0, 0.1) is 54.1 Å². The standard InChI is InChI=1S/2C11H23NO2.C11H25NOS.C10H20O.C10H22.CH4/c1-10(2,3)11(4,5)7-8-12-9(13)14-6;1-10(2,3)11(4,5)7-8-14-9(13)12-6;1-10(2,3)11(4,5)8-9-12-14(6,7)13;1-8(11)7-10(5,6)9(2,3)4;1-7-8-10(5,6)9(2,3)4;/h2*7-8H2,1-6H3,(H,12,13);6,8-9H2,1-5,7H3,(H,12,13);7H2,1-6H3;7-8H2,1-6H3;1H4. The van der Waals surface area contributed by atoms with Crippen molar-refractivity contribution < 1.29 is 28.1 Å². The van der Waals surface area contributed by atoms with Crippen LogP contribution in [0.4, 0.5) is 9.59 Å². The average Bonchev–Trinajstić information content (AvgIpc) is 3.01. The lowest BCUT2D eigenvalue weighted by Gasteiger charge is -2.39. The molecule has 3 N–H and O–H groups in total. The van der Waals surface area contributed by atoms with Crippen LogP contribution < -0.4 is 15.4 Å². The van der Waals surface area contributed by atoms with Crippen LogP contribution in [0.2, 0.25) is 0 Å². The zero-order valence-electron chi connectivity index (χ0n) is 47.9. The summed E-state index contributed by atoms with van der Waals surface area (Å²) in [5.41, 5.74) is 2.59. The van der Waals surface area contributed by atoms with Crippen molar-refractivity contribution in [2.45, 2.75) is 233 Å². The van der Waals surface area contributed by atoms with Crippen molar-refractivity contribution in [3.8, 4) is 0 Å². The number of ether oxygens (including phenoxy) is 2. The Bertz CT molecular complexity index is 1350. The predicted octanol–water partition coefficient (Wildman–Crippen LogP) is 15.4. The first kappa shape index (κ1) is 73.8. The highest BCUT2D eigenvalue weighted by Gasteiger charge is 2.35. The first-order valence-corrected chi connectivity index (χ1v) is 25.7. The van der Waals surface area contributed by atoms with Crippen molar-refractivity contribution in [3.63, 3.8) is 0 Å². The van der Waals surface area contributed by atoms with Crippen LogP contribution in [0.5, 0.6) is 0 Å². The number of rotatable bonds is 14. The SMILES string of the molecule is C.C=S(C)(=O)NCCC(C)(C)C(C)(C)C.CC(=O)CC(C)(C)C(C)(C)C.CCCC(C)(C)C(C)(C)C.CNC(=O)OCCC(C)(C)C(C)(C)C.COC(=O)NCCC(C)(C)C(C)(C)C. The molecule has 0 saturated carbocycles. The van der Waals surface area contributed by atoms with Gasteiger partial charge in [-0.2, -0.15) is 0 Å². The maximum absolute atomic E-state index is 11.3. The zero-order chi connectivity index (χ0) is 52.1. The highest BCUT2D eigenvalue weighted by Crippen LogP contribution is 2.43. The summed E-state index contributed by atoms with van der Waals surface area (Å²) in [7, 11) is 0.904. The number of alkyl carbamates (subject to hydrolysis) is 2. The predicted molar refractivity (Wildman–Crippen MR) is 287 cm³/mol. The second kappa shape index (κ2) is 29.2. The molecule has 0 saturated heterocycles. The molecule has 0 aliphatic heterocycles. The van der Waals surface area contributed by atoms with Crippen LogP contribution >= 0.6 is 0 Å². The third-order valence-corrected chi connectivity index (χ3v) is 16.1. The summed E-state index contributed by atoms with van der Waals surface area (Å²) >= 11 is 0. The largest absolute Gasteiger partial charge is 0.453 e. The maximum Gasteiger partial charge on any atom is 0.406 e. The quantitative estimate of drug-likeness (QED) is 0.149. The minimum atomic E-state index is -2.04. The van der Waals surface area contributed by atoms with Gasteiger partial charge in [0.05, 0.1) is 13.7 Å². The van der Waals surface area contributed by atoms with E-state index in [1.807, 2.05) is 0 Å². The first-order chi connectivity index (χ1) is 27.3. The van der Waals surface area contributed by atoms with E-state index in [1.54, 1.807) is 20.2 Å². The molecule has 1 atom stereocenters. The van der Waals surface area contributed by atoms with Crippen molar-refractivity contribution >= 4 is 33.5 Å². The first-order valence-electron chi connectivity index (χ1n) is 23.6. The summed E-state index contributed by atoms with van der Waals surface area (Å²) in [6, 6.07) is 0. The molecule has 0 radical (unpaired) electrons. The van der Waals surface area contributed by atoms with Gasteiger partial charge in [0.1, 0.15) is 5.78 Å². The van der Waals surface area contributed by atoms with Crippen LogP contribution in [0.25, 0.3) is 0 Å². The van der Waals surface area contributed by atoms with E-state index in [4.69, 9.17) is 4.74 Å². The second-order valence-corrected chi connectivity index (χ2v) is 28.6. The molecule has 0 aromatic carbocycles. The summed E-state index contributed by atoms with van der Waals surface area (Å²) in [6.45, 7) is 61.6. The average molecular weight is 937 g/mol. The molecule has 0 spiro atoms. The van der Waals surface area contributed by atoms with Crippen LogP contribution in [0.1, 0.15) is 233 Å². The van der Waals surface area contributed by atoms with E-state index in [1.165, 1.54) is 20.0 Å². The molecule has 64 heavy (non-hydrogen) atoms. The van der Waals surface area contributed by atoms with Crippen LogP contribution in [-0.4, -0.2) is 68.2 Å². The fourth-order valence-corrected chi connectivity index (χ4v) is 5.15. The summed E-state index contributed by atoms with van der Waals surface area (Å²) < 4.78 is 23.7. The topological polar surface area (TPSA) is 123 Å². The molecule has 0 aromatic heterocycles. The van der Waals surface area contributed by atoms with Crippen molar-refractivity contribution in [2.75, 3.05) is 40.1 Å². The number of methoxy groups -OCH3 is 1. The van der Waals surface area contributed by atoms with E-state index >= 15 is 0 Å². The van der Waals surface area contributed by atoms with E-state index in [9.17, 15) is 18.6 Å². The number of hydrogen-bond donors (Lipinski definition) is 3. The lowest BCUT2D eigenvalue weighted by molar-refractivity contribution is -0.120. The van der Waals surface area contributed by atoms with Crippen molar-refractivity contribution in [2.24, 2.45) is 54.1 Å². The van der Waals surface area contributed by atoms with Gasteiger partial charge in [-0.25, -0.2) is 14.3 Å². The molecular weight excluding hydrogens is 819 g/mol. The minimum Gasteiger partial charge on any atom is -0.453 e. The lowest BCUT2D eigenvalue weighted by atomic mass is 9.67. The molecule has 0 fully saturated rings. The summed E-state index contributed by atoms with van der Waals surface area (Å²) in [5, 5.41) is 5.13. The van der Waals surface area contributed by atoms with Gasteiger partial charge in [-0.05, 0) is 92.6 Å². The third-order valence-electron chi connectivity index (χ3n) is 15.2. The molecule has 2 amide bonds. The molecule has 1 unspecified atom stereocenters.